The number of ether oxygens (including phenoxy) is 1. The van der Waals surface area contributed by atoms with E-state index in [0.29, 0.717) is 12.2 Å². The van der Waals surface area contributed by atoms with Crippen LogP contribution < -0.4 is 0 Å². The number of aryl methyl sites for hydroxylation is 1. The molecule has 0 aliphatic heterocycles. The molecule has 4 heteroatoms. The Morgan fingerprint density at radius 1 is 1.39 bits per heavy atom. The monoisotopic (exact) mass is 250 g/mol. The maximum absolute atomic E-state index is 11.7. The number of rotatable bonds is 3. The first-order valence-electron chi connectivity index (χ1n) is 6.23. The SMILES string of the molecule is CCC(C(=O)OC)c1nc(C)cc(C(C)(C)C)n1. The van der Waals surface area contributed by atoms with E-state index in [2.05, 4.69) is 30.7 Å². The lowest BCUT2D eigenvalue weighted by Crippen LogP contribution is -2.21. The van der Waals surface area contributed by atoms with Crippen LogP contribution in [0.25, 0.3) is 0 Å². The van der Waals surface area contributed by atoms with E-state index in [4.69, 9.17) is 4.74 Å². The van der Waals surface area contributed by atoms with Crippen LogP contribution in [-0.2, 0) is 14.9 Å². The highest BCUT2D eigenvalue weighted by Crippen LogP contribution is 2.24. The molecule has 0 aliphatic rings. The fraction of sp³-hybridized carbons (Fsp3) is 0.643. The summed E-state index contributed by atoms with van der Waals surface area (Å²) in [6, 6.07) is 1.97. The Morgan fingerprint density at radius 2 is 2.00 bits per heavy atom. The Hall–Kier alpha value is -1.45. The Morgan fingerprint density at radius 3 is 2.44 bits per heavy atom. The molecule has 0 saturated carbocycles. The van der Waals surface area contributed by atoms with Gasteiger partial charge in [0.1, 0.15) is 11.7 Å². The highest BCUT2D eigenvalue weighted by molar-refractivity contribution is 5.76. The second-order valence-corrected chi connectivity index (χ2v) is 5.49. The summed E-state index contributed by atoms with van der Waals surface area (Å²) in [6.45, 7) is 10.1. The largest absolute Gasteiger partial charge is 0.468 e. The van der Waals surface area contributed by atoms with Crippen molar-refractivity contribution in [3.8, 4) is 0 Å². The van der Waals surface area contributed by atoms with Gasteiger partial charge in [0.05, 0.1) is 7.11 Å². The Kier molecular flexibility index (Phi) is 4.43. The molecule has 0 spiro atoms. The number of nitrogens with zero attached hydrogens (tertiary/aromatic N) is 2. The van der Waals surface area contributed by atoms with E-state index in [1.165, 1.54) is 7.11 Å². The van der Waals surface area contributed by atoms with Gasteiger partial charge in [0.15, 0.2) is 0 Å². The topological polar surface area (TPSA) is 52.1 Å². The molecule has 18 heavy (non-hydrogen) atoms. The molecule has 0 aliphatic carbocycles. The Balaban J connectivity index is 3.24. The second kappa shape index (κ2) is 5.46. The molecule has 1 rings (SSSR count). The zero-order chi connectivity index (χ0) is 13.9. The number of aromatic nitrogens is 2. The fourth-order valence-corrected chi connectivity index (χ4v) is 1.73. The Bertz CT molecular complexity index is 436. The molecule has 100 valence electrons. The third kappa shape index (κ3) is 3.28. The summed E-state index contributed by atoms with van der Waals surface area (Å²) in [5, 5.41) is 0. The van der Waals surface area contributed by atoms with E-state index in [-0.39, 0.29) is 17.3 Å². The van der Waals surface area contributed by atoms with Crippen molar-refractivity contribution in [2.45, 2.75) is 52.4 Å². The third-order valence-electron chi connectivity index (χ3n) is 2.85. The first kappa shape index (κ1) is 14.6. The highest BCUT2D eigenvalue weighted by Gasteiger charge is 2.25. The van der Waals surface area contributed by atoms with E-state index in [0.717, 1.165) is 11.4 Å². The molecular formula is C14H22N2O2. The van der Waals surface area contributed by atoms with Gasteiger partial charge in [0.2, 0.25) is 0 Å². The quantitative estimate of drug-likeness (QED) is 0.774. The smallest absolute Gasteiger partial charge is 0.316 e. The zero-order valence-electron chi connectivity index (χ0n) is 12.1. The highest BCUT2D eigenvalue weighted by atomic mass is 16.5. The molecule has 1 aromatic heterocycles. The van der Waals surface area contributed by atoms with Gasteiger partial charge in [0, 0.05) is 16.8 Å². The van der Waals surface area contributed by atoms with Gasteiger partial charge in [0.25, 0.3) is 0 Å². The number of esters is 1. The van der Waals surface area contributed by atoms with Gasteiger partial charge in [-0.1, -0.05) is 27.7 Å². The van der Waals surface area contributed by atoms with Gasteiger partial charge in [-0.25, -0.2) is 9.97 Å². The van der Waals surface area contributed by atoms with E-state index >= 15 is 0 Å². The van der Waals surface area contributed by atoms with Crippen LogP contribution in [0, 0.1) is 6.92 Å². The summed E-state index contributed by atoms with van der Waals surface area (Å²) in [4.78, 5) is 20.6. The normalized spacial score (nSPS) is 13.2. The van der Waals surface area contributed by atoms with Crippen LogP contribution in [-0.4, -0.2) is 23.0 Å². The predicted octanol–water partition coefficient (Wildman–Crippen LogP) is 2.75. The van der Waals surface area contributed by atoms with E-state index in [1.807, 2.05) is 19.9 Å². The lowest BCUT2D eigenvalue weighted by molar-refractivity contribution is -0.142. The summed E-state index contributed by atoms with van der Waals surface area (Å²) < 4.78 is 4.80. The molecule has 0 aromatic carbocycles. The van der Waals surface area contributed by atoms with Gasteiger partial charge in [-0.2, -0.15) is 0 Å². The first-order valence-corrected chi connectivity index (χ1v) is 6.23. The van der Waals surface area contributed by atoms with E-state index in [9.17, 15) is 4.79 Å². The summed E-state index contributed by atoms with van der Waals surface area (Å²) in [5.74, 6) is -0.0896. The molecule has 0 bridgehead atoms. The van der Waals surface area contributed by atoms with Crippen LogP contribution in [0.15, 0.2) is 6.07 Å². The summed E-state index contributed by atoms with van der Waals surface area (Å²) >= 11 is 0. The van der Waals surface area contributed by atoms with Crippen LogP contribution >= 0.6 is 0 Å². The molecule has 0 N–H and O–H groups in total. The standard InChI is InChI=1S/C14H22N2O2/c1-7-10(13(17)18-6)12-15-9(2)8-11(16-12)14(3,4)5/h8,10H,7H2,1-6H3. The number of carbonyl (C=O) groups excluding carboxylic acids is 1. The lowest BCUT2D eigenvalue weighted by Gasteiger charge is -2.20. The number of hydrogen-bond acceptors (Lipinski definition) is 4. The fourth-order valence-electron chi connectivity index (χ4n) is 1.73. The molecule has 1 unspecified atom stereocenters. The van der Waals surface area contributed by atoms with Crippen molar-refractivity contribution in [1.29, 1.82) is 0 Å². The lowest BCUT2D eigenvalue weighted by atomic mass is 9.91. The minimum absolute atomic E-state index is 0.0587. The van der Waals surface area contributed by atoms with Crippen molar-refractivity contribution >= 4 is 5.97 Å². The maximum atomic E-state index is 11.7. The average molecular weight is 250 g/mol. The number of hydrogen-bond donors (Lipinski definition) is 0. The van der Waals surface area contributed by atoms with Crippen molar-refractivity contribution in [2.24, 2.45) is 0 Å². The molecule has 0 fully saturated rings. The molecule has 4 nitrogen and oxygen atoms in total. The first-order chi connectivity index (χ1) is 8.29. The van der Waals surface area contributed by atoms with Crippen molar-refractivity contribution in [2.75, 3.05) is 7.11 Å². The van der Waals surface area contributed by atoms with Gasteiger partial charge in [-0.05, 0) is 19.4 Å². The molecule has 1 atom stereocenters. The van der Waals surface area contributed by atoms with Crippen molar-refractivity contribution in [1.82, 2.24) is 9.97 Å². The van der Waals surface area contributed by atoms with Crippen LogP contribution in [0.2, 0.25) is 0 Å². The van der Waals surface area contributed by atoms with Gasteiger partial charge >= 0.3 is 5.97 Å². The van der Waals surface area contributed by atoms with Crippen molar-refractivity contribution in [3.05, 3.63) is 23.3 Å². The number of methoxy groups -OCH3 is 1. The minimum atomic E-state index is -0.379. The van der Waals surface area contributed by atoms with Gasteiger partial charge in [-0.15, -0.1) is 0 Å². The zero-order valence-corrected chi connectivity index (χ0v) is 12.1. The van der Waals surface area contributed by atoms with Crippen molar-refractivity contribution < 1.29 is 9.53 Å². The van der Waals surface area contributed by atoms with Gasteiger partial charge < -0.3 is 4.74 Å². The molecular weight excluding hydrogens is 228 g/mol. The predicted molar refractivity (Wildman–Crippen MR) is 70.5 cm³/mol. The van der Waals surface area contributed by atoms with Crippen LogP contribution in [0.3, 0.4) is 0 Å². The second-order valence-electron chi connectivity index (χ2n) is 5.49. The molecule has 1 aromatic rings. The molecule has 1 heterocycles. The summed E-state index contributed by atoms with van der Waals surface area (Å²) in [7, 11) is 1.39. The van der Waals surface area contributed by atoms with E-state index in [1.54, 1.807) is 0 Å². The third-order valence-corrected chi connectivity index (χ3v) is 2.85. The average Bonchev–Trinajstić information content (AvgIpc) is 2.27. The molecule has 0 radical (unpaired) electrons. The maximum Gasteiger partial charge on any atom is 0.316 e. The van der Waals surface area contributed by atoms with Gasteiger partial charge in [-0.3, -0.25) is 4.79 Å². The molecule has 0 saturated heterocycles. The van der Waals surface area contributed by atoms with Crippen LogP contribution in [0.4, 0.5) is 0 Å². The summed E-state index contributed by atoms with van der Waals surface area (Å²) in [5.41, 5.74) is 1.77. The van der Waals surface area contributed by atoms with E-state index < -0.39 is 0 Å². The van der Waals surface area contributed by atoms with Crippen LogP contribution in [0.5, 0.6) is 0 Å². The van der Waals surface area contributed by atoms with Crippen molar-refractivity contribution in [3.63, 3.8) is 0 Å². The van der Waals surface area contributed by atoms with Crippen LogP contribution in [0.1, 0.15) is 57.2 Å². The Labute approximate surface area is 109 Å². The number of carbonyl (C=O) groups is 1. The summed E-state index contributed by atoms with van der Waals surface area (Å²) in [6.07, 6.45) is 0.639. The minimum Gasteiger partial charge on any atom is -0.468 e. The molecule has 0 amide bonds.